The molecule has 1 unspecified atom stereocenters. The number of hydrogen-bond acceptors (Lipinski definition) is 5. The Bertz CT molecular complexity index is 714. The number of aryl methyl sites for hydroxylation is 1. The summed E-state index contributed by atoms with van der Waals surface area (Å²) in [5.74, 6) is -0.822. The molecule has 0 saturated carbocycles. The fourth-order valence-electron chi connectivity index (χ4n) is 2.61. The van der Waals surface area contributed by atoms with Gasteiger partial charge in [0.2, 0.25) is 5.91 Å². The third-order valence-corrected chi connectivity index (χ3v) is 3.85. The lowest BCUT2D eigenvalue weighted by atomic mass is 10.0. The summed E-state index contributed by atoms with van der Waals surface area (Å²) in [6.45, 7) is 5.53. The Morgan fingerprint density at radius 1 is 1.24 bits per heavy atom. The molecule has 134 valence electrons. The highest BCUT2D eigenvalue weighted by atomic mass is 16.4. The van der Waals surface area contributed by atoms with Gasteiger partial charge in [0.15, 0.2) is 0 Å². The Balaban J connectivity index is 2.23. The second kappa shape index (κ2) is 8.36. The van der Waals surface area contributed by atoms with Crippen molar-refractivity contribution in [2.24, 2.45) is 5.92 Å². The van der Waals surface area contributed by atoms with Gasteiger partial charge >= 0.3 is 5.97 Å². The van der Waals surface area contributed by atoms with Crippen LogP contribution in [0, 0.1) is 12.8 Å². The van der Waals surface area contributed by atoms with Crippen LogP contribution in [0.15, 0.2) is 30.3 Å². The summed E-state index contributed by atoms with van der Waals surface area (Å²) >= 11 is 0. The van der Waals surface area contributed by atoms with Gasteiger partial charge in [-0.05, 0) is 35.3 Å². The summed E-state index contributed by atoms with van der Waals surface area (Å²) in [5, 5.41) is 23.3. The van der Waals surface area contributed by atoms with Gasteiger partial charge in [0.25, 0.3) is 0 Å². The van der Waals surface area contributed by atoms with Crippen LogP contribution in [0.3, 0.4) is 0 Å². The molecule has 0 aliphatic carbocycles. The fourth-order valence-corrected chi connectivity index (χ4v) is 2.61. The lowest BCUT2D eigenvalue weighted by Gasteiger charge is -2.22. The van der Waals surface area contributed by atoms with Crippen molar-refractivity contribution in [1.82, 2.24) is 25.5 Å². The van der Waals surface area contributed by atoms with Crippen molar-refractivity contribution in [2.75, 3.05) is 0 Å². The molecule has 0 bridgehead atoms. The second-order valence-electron chi connectivity index (χ2n) is 6.41. The van der Waals surface area contributed by atoms with E-state index in [1.807, 2.05) is 44.2 Å². The Labute approximate surface area is 146 Å². The Hall–Kier alpha value is -2.77. The van der Waals surface area contributed by atoms with Gasteiger partial charge in [0.1, 0.15) is 17.9 Å². The Morgan fingerprint density at radius 2 is 1.92 bits per heavy atom. The first-order valence-electron chi connectivity index (χ1n) is 8.20. The molecule has 2 atom stereocenters. The molecule has 0 radical (unpaired) electrons. The molecule has 1 amide bonds. The van der Waals surface area contributed by atoms with Crippen molar-refractivity contribution in [1.29, 1.82) is 0 Å². The van der Waals surface area contributed by atoms with E-state index in [2.05, 4.69) is 20.8 Å². The first-order valence-corrected chi connectivity index (χ1v) is 8.20. The fraction of sp³-hybridized carbons (Fsp3) is 0.471. The average Bonchev–Trinajstić information content (AvgIpc) is 2.98. The van der Waals surface area contributed by atoms with E-state index in [0.717, 1.165) is 5.56 Å². The van der Waals surface area contributed by atoms with E-state index in [-0.39, 0.29) is 5.92 Å². The number of nitrogens with zero attached hydrogens (tertiary/aromatic N) is 4. The van der Waals surface area contributed by atoms with Gasteiger partial charge in [-0.25, -0.2) is 9.48 Å². The number of carboxylic acids is 1. The second-order valence-corrected chi connectivity index (χ2v) is 6.41. The molecule has 0 fully saturated rings. The molecule has 0 aliphatic rings. The molecule has 8 heteroatoms. The van der Waals surface area contributed by atoms with Gasteiger partial charge in [0, 0.05) is 6.42 Å². The highest BCUT2D eigenvalue weighted by Gasteiger charge is 2.29. The van der Waals surface area contributed by atoms with Crippen molar-refractivity contribution in [3.8, 4) is 0 Å². The van der Waals surface area contributed by atoms with Crippen LogP contribution >= 0.6 is 0 Å². The minimum absolute atomic E-state index is 0.142. The van der Waals surface area contributed by atoms with Gasteiger partial charge in [-0.1, -0.05) is 44.2 Å². The van der Waals surface area contributed by atoms with Crippen molar-refractivity contribution >= 4 is 11.9 Å². The van der Waals surface area contributed by atoms with E-state index in [1.54, 1.807) is 6.92 Å². The molecular formula is C17H23N5O3. The SMILES string of the molecule is Cc1nnnn1C(Cc1ccccc1)C(=O)N[C@H](CC(C)C)C(=O)O. The van der Waals surface area contributed by atoms with Crippen molar-refractivity contribution < 1.29 is 14.7 Å². The Morgan fingerprint density at radius 3 is 2.44 bits per heavy atom. The predicted octanol–water partition coefficient (Wildman–Crippen LogP) is 1.38. The van der Waals surface area contributed by atoms with E-state index >= 15 is 0 Å². The van der Waals surface area contributed by atoms with Crippen molar-refractivity contribution in [3.05, 3.63) is 41.7 Å². The number of carbonyl (C=O) groups excluding carboxylic acids is 1. The summed E-state index contributed by atoms with van der Waals surface area (Å²) in [6, 6.07) is 7.81. The maximum absolute atomic E-state index is 12.8. The number of nitrogens with one attached hydrogen (secondary N) is 1. The summed E-state index contributed by atoms with van der Waals surface area (Å²) in [5.41, 5.74) is 0.938. The molecule has 0 spiro atoms. The van der Waals surface area contributed by atoms with E-state index in [9.17, 15) is 14.7 Å². The third-order valence-electron chi connectivity index (χ3n) is 3.85. The van der Waals surface area contributed by atoms with Crippen LogP contribution in [-0.2, 0) is 16.0 Å². The number of rotatable bonds is 8. The van der Waals surface area contributed by atoms with Crippen LogP contribution < -0.4 is 5.32 Å². The molecule has 25 heavy (non-hydrogen) atoms. The number of carboxylic acid groups (broad SMARTS) is 1. The zero-order chi connectivity index (χ0) is 18.4. The van der Waals surface area contributed by atoms with Crippen molar-refractivity contribution in [2.45, 2.75) is 45.7 Å². The standard InChI is InChI=1S/C17H23N5O3/c1-11(2)9-14(17(24)25)18-16(23)15(22-12(3)19-20-21-22)10-13-7-5-4-6-8-13/h4-8,11,14-15H,9-10H2,1-3H3,(H,18,23)(H,24,25)/t14-,15?/m1/s1. The molecular weight excluding hydrogens is 322 g/mol. The summed E-state index contributed by atoms with van der Waals surface area (Å²) in [6.07, 6.45) is 0.723. The van der Waals surface area contributed by atoms with E-state index in [0.29, 0.717) is 18.7 Å². The number of carbonyl (C=O) groups is 2. The molecule has 8 nitrogen and oxygen atoms in total. The molecule has 2 N–H and O–H groups in total. The van der Waals surface area contributed by atoms with Gasteiger partial charge < -0.3 is 10.4 Å². The van der Waals surface area contributed by atoms with Crippen LogP contribution in [-0.4, -0.2) is 43.2 Å². The average molecular weight is 345 g/mol. The molecule has 0 saturated heterocycles. The van der Waals surface area contributed by atoms with E-state index in [4.69, 9.17) is 0 Å². The highest BCUT2D eigenvalue weighted by molar-refractivity contribution is 5.86. The minimum Gasteiger partial charge on any atom is -0.480 e. The number of aliphatic carboxylic acids is 1. The predicted molar refractivity (Wildman–Crippen MR) is 90.8 cm³/mol. The maximum atomic E-state index is 12.8. The van der Waals surface area contributed by atoms with Crippen LogP contribution in [0.4, 0.5) is 0 Å². The molecule has 2 rings (SSSR count). The monoisotopic (exact) mass is 345 g/mol. The number of aromatic nitrogens is 4. The van der Waals surface area contributed by atoms with Crippen LogP contribution in [0.25, 0.3) is 0 Å². The molecule has 1 heterocycles. The first-order chi connectivity index (χ1) is 11.9. The quantitative estimate of drug-likeness (QED) is 0.748. The van der Waals surface area contributed by atoms with Gasteiger partial charge in [0.05, 0.1) is 0 Å². The van der Waals surface area contributed by atoms with Crippen LogP contribution in [0.1, 0.15) is 37.7 Å². The largest absolute Gasteiger partial charge is 0.480 e. The van der Waals surface area contributed by atoms with Gasteiger partial charge in [-0.3, -0.25) is 4.79 Å². The highest BCUT2D eigenvalue weighted by Crippen LogP contribution is 2.16. The number of tetrazole rings is 1. The molecule has 0 aliphatic heterocycles. The number of benzene rings is 1. The summed E-state index contributed by atoms with van der Waals surface area (Å²) in [4.78, 5) is 24.2. The topological polar surface area (TPSA) is 110 Å². The first kappa shape index (κ1) is 18.6. The minimum atomic E-state index is -1.05. The maximum Gasteiger partial charge on any atom is 0.326 e. The molecule has 1 aromatic heterocycles. The molecule has 2 aromatic rings. The van der Waals surface area contributed by atoms with Gasteiger partial charge in [-0.2, -0.15) is 0 Å². The Kier molecular flexibility index (Phi) is 6.21. The van der Waals surface area contributed by atoms with E-state index < -0.39 is 24.0 Å². The summed E-state index contributed by atoms with van der Waals surface area (Å²) < 4.78 is 1.43. The lowest BCUT2D eigenvalue weighted by Crippen LogP contribution is -2.45. The molecule has 1 aromatic carbocycles. The van der Waals surface area contributed by atoms with Gasteiger partial charge in [-0.15, -0.1) is 5.10 Å². The van der Waals surface area contributed by atoms with E-state index in [1.165, 1.54) is 4.68 Å². The van der Waals surface area contributed by atoms with Crippen LogP contribution in [0.2, 0.25) is 0 Å². The number of amides is 1. The zero-order valence-corrected chi connectivity index (χ0v) is 14.6. The lowest BCUT2D eigenvalue weighted by molar-refractivity contribution is -0.142. The summed E-state index contributed by atoms with van der Waals surface area (Å²) in [7, 11) is 0. The van der Waals surface area contributed by atoms with Crippen LogP contribution in [0.5, 0.6) is 0 Å². The van der Waals surface area contributed by atoms with Crippen molar-refractivity contribution in [3.63, 3.8) is 0 Å². The third kappa shape index (κ3) is 5.10. The smallest absolute Gasteiger partial charge is 0.326 e. The normalized spacial score (nSPS) is 13.4. The number of hydrogen-bond donors (Lipinski definition) is 2. The zero-order valence-electron chi connectivity index (χ0n) is 14.6.